The van der Waals surface area contributed by atoms with Gasteiger partial charge in [0.15, 0.2) is 0 Å². The fourth-order valence-electron chi connectivity index (χ4n) is 5.47. The minimum atomic E-state index is 0.596. The van der Waals surface area contributed by atoms with Crippen molar-refractivity contribution >= 4 is 24.1 Å². The van der Waals surface area contributed by atoms with E-state index < -0.39 is 0 Å². The summed E-state index contributed by atoms with van der Waals surface area (Å²) in [5, 5.41) is 1.19. The number of piperidine rings is 2. The summed E-state index contributed by atoms with van der Waals surface area (Å²) < 4.78 is 6.42. The molecule has 0 bridgehead atoms. The Bertz CT molecular complexity index is 390. The molecule has 0 aliphatic carbocycles. The molecule has 2 saturated heterocycles. The van der Waals surface area contributed by atoms with Crippen LogP contribution in [-0.4, -0.2) is 58.6 Å². The van der Waals surface area contributed by atoms with Crippen molar-refractivity contribution in [1.29, 1.82) is 0 Å². The zero-order chi connectivity index (χ0) is 22.3. The zero-order valence-electron chi connectivity index (χ0n) is 21.2. The Hall–Kier alpha value is 0.580. The third-order valence-electron chi connectivity index (χ3n) is 7.42. The van der Waals surface area contributed by atoms with Gasteiger partial charge in [0.1, 0.15) is 0 Å². The second kappa shape index (κ2) is 17.1. The van der Waals surface area contributed by atoms with Gasteiger partial charge in [0.25, 0.3) is 0 Å². The Morgan fingerprint density at radius 3 is 1.32 bits per heavy atom. The Balaban J connectivity index is 1.92. The van der Waals surface area contributed by atoms with Gasteiger partial charge in [-0.05, 0) is 77.5 Å². The van der Waals surface area contributed by atoms with E-state index in [9.17, 15) is 0 Å². The highest BCUT2D eigenvalue weighted by atomic mass is 32.2. The molecular weight excluding hydrogens is 420 g/mol. The van der Waals surface area contributed by atoms with E-state index >= 15 is 0 Å². The number of hydrogen-bond acceptors (Lipinski definition) is 5. The van der Waals surface area contributed by atoms with Gasteiger partial charge in [-0.2, -0.15) is 0 Å². The summed E-state index contributed by atoms with van der Waals surface area (Å²) in [6, 6.07) is 1.38. The fourth-order valence-corrected chi connectivity index (χ4v) is 7.60. The van der Waals surface area contributed by atoms with E-state index in [1.54, 1.807) is 0 Å². The number of unbranched alkanes of at least 4 members (excludes halogenated alkanes) is 2. The lowest BCUT2D eigenvalue weighted by atomic mass is 9.99. The van der Waals surface area contributed by atoms with Gasteiger partial charge >= 0.3 is 0 Å². The molecule has 5 heteroatoms. The molecule has 2 heterocycles. The molecule has 2 rings (SSSR count). The number of rotatable bonds is 16. The molecule has 31 heavy (non-hydrogen) atoms. The largest absolute Gasteiger partial charge is 0.299 e. The number of likely N-dealkylation sites (tertiary alicyclic amines) is 2. The van der Waals surface area contributed by atoms with Crippen LogP contribution in [-0.2, 0) is 3.63 Å². The standard InChI is InChI=1S/C26H52N2OS2/c1-5-9-17-23(27-19-13-11-14-20-27)25(7-3)30-29-31-26(8-4)24(18-10-6-2)28-21-15-12-16-22-28/h23-26H,5-22H2,1-4H3. The maximum absolute atomic E-state index is 6.42. The smallest absolute Gasteiger partial charge is 0.0476 e. The highest BCUT2D eigenvalue weighted by Gasteiger charge is 2.31. The van der Waals surface area contributed by atoms with Gasteiger partial charge in [-0.25, -0.2) is 3.63 Å². The lowest BCUT2D eigenvalue weighted by Crippen LogP contribution is -2.45. The first-order valence-electron chi connectivity index (χ1n) is 13.7. The third kappa shape index (κ3) is 9.76. The molecule has 0 N–H and O–H groups in total. The highest BCUT2D eigenvalue weighted by Crippen LogP contribution is 2.36. The van der Waals surface area contributed by atoms with Crippen LogP contribution in [0.3, 0.4) is 0 Å². The summed E-state index contributed by atoms with van der Waals surface area (Å²) in [5.41, 5.74) is 0. The topological polar surface area (TPSA) is 15.7 Å². The molecule has 4 unspecified atom stereocenters. The molecule has 2 aliphatic rings. The van der Waals surface area contributed by atoms with E-state index in [0.29, 0.717) is 22.6 Å². The van der Waals surface area contributed by atoms with Crippen molar-refractivity contribution in [3.05, 3.63) is 0 Å². The first-order valence-corrected chi connectivity index (χ1v) is 15.3. The molecule has 2 fully saturated rings. The molecule has 0 aromatic carbocycles. The molecule has 0 spiro atoms. The Kier molecular flexibility index (Phi) is 15.3. The van der Waals surface area contributed by atoms with Crippen LogP contribution in [0.4, 0.5) is 0 Å². The van der Waals surface area contributed by atoms with Crippen molar-refractivity contribution in [2.45, 2.75) is 140 Å². The number of hydrogen-bond donors (Lipinski definition) is 0. The SMILES string of the molecule is CCCCC(C(CC)SOSC(CC)C(CCCC)N1CCCCC1)N1CCCCC1. The van der Waals surface area contributed by atoms with Crippen molar-refractivity contribution in [3.8, 4) is 0 Å². The predicted molar refractivity (Wildman–Crippen MR) is 142 cm³/mol. The third-order valence-corrected chi connectivity index (χ3v) is 9.83. The van der Waals surface area contributed by atoms with Crippen LogP contribution in [0.25, 0.3) is 0 Å². The Labute approximate surface area is 203 Å². The molecule has 0 aromatic rings. The maximum atomic E-state index is 6.42. The van der Waals surface area contributed by atoms with Gasteiger partial charge in [0.05, 0.1) is 0 Å². The van der Waals surface area contributed by atoms with E-state index in [-0.39, 0.29) is 0 Å². The zero-order valence-corrected chi connectivity index (χ0v) is 22.8. The average Bonchev–Trinajstić information content (AvgIpc) is 2.83. The molecule has 0 amide bonds. The minimum Gasteiger partial charge on any atom is -0.299 e. The molecule has 0 radical (unpaired) electrons. The van der Waals surface area contributed by atoms with Gasteiger partial charge in [-0.15, -0.1) is 0 Å². The number of nitrogens with zero attached hydrogens (tertiary/aromatic N) is 2. The first kappa shape index (κ1) is 27.8. The van der Waals surface area contributed by atoms with E-state index in [1.807, 2.05) is 24.1 Å². The second-order valence-corrected chi connectivity index (χ2v) is 11.9. The lowest BCUT2D eigenvalue weighted by Gasteiger charge is -2.39. The monoisotopic (exact) mass is 472 g/mol. The summed E-state index contributed by atoms with van der Waals surface area (Å²) in [7, 11) is 0. The van der Waals surface area contributed by atoms with Gasteiger partial charge < -0.3 is 0 Å². The molecule has 3 nitrogen and oxygen atoms in total. The van der Waals surface area contributed by atoms with Gasteiger partial charge in [-0.1, -0.05) is 66.2 Å². The van der Waals surface area contributed by atoms with Crippen molar-refractivity contribution in [1.82, 2.24) is 9.80 Å². The summed E-state index contributed by atoms with van der Waals surface area (Å²) in [6.07, 6.45) is 18.7. The van der Waals surface area contributed by atoms with E-state index in [2.05, 4.69) is 37.5 Å². The molecular formula is C26H52N2OS2. The normalized spacial score (nSPS) is 22.8. The molecule has 2 aliphatic heterocycles. The minimum absolute atomic E-state index is 0.596. The quantitative estimate of drug-likeness (QED) is 0.211. The summed E-state index contributed by atoms with van der Waals surface area (Å²) in [6.45, 7) is 14.6. The van der Waals surface area contributed by atoms with Gasteiger partial charge in [-0.3, -0.25) is 9.80 Å². The van der Waals surface area contributed by atoms with Crippen LogP contribution in [0.15, 0.2) is 0 Å². The maximum Gasteiger partial charge on any atom is 0.0476 e. The van der Waals surface area contributed by atoms with Crippen molar-refractivity contribution in [3.63, 3.8) is 0 Å². The molecule has 184 valence electrons. The highest BCUT2D eigenvalue weighted by molar-refractivity contribution is 8.08. The van der Waals surface area contributed by atoms with Gasteiger partial charge in [0.2, 0.25) is 0 Å². The van der Waals surface area contributed by atoms with E-state index in [1.165, 1.54) is 116 Å². The van der Waals surface area contributed by atoms with E-state index in [0.717, 1.165) is 0 Å². The second-order valence-electron chi connectivity index (χ2n) is 9.77. The van der Waals surface area contributed by atoms with Crippen LogP contribution < -0.4 is 0 Å². The van der Waals surface area contributed by atoms with E-state index in [4.69, 9.17) is 3.63 Å². The van der Waals surface area contributed by atoms with Crippen LogP contribution in [0.2, 0.25) is 0 Å². The predicted octanol–water partition coefficient (Wildman–Crippen LogP) is 7.95. The van der Waals surface area contributed by atoms with Crippen molar-refractivity contribution < 1.29 is 3.63 Å². The average molecular weight is 473 g/mol. The van der Waals surface area contributed by atoms with Crippen LogP contribution in [0, 0.1) is 0 Å². The Morgan fingerprint density at radius 2 is 1.00 bits per heavy atom. The van der Waals surface area contributed by atoms with Crippen molar-refractivity contribution in [2.75, 3.05) is 26.2 Å². The van der Waals surface area contributed by atoms with Crippen LogP contribution >= 0.6 is 24.1 Å². The van der Waals surface area contributed by atoms with Gasteiger partial charge in [0, 0.05) is 46.7 Å². The summed E-state index contributed by atoms with van der Waals surface area (Å²) in [5.74, 6) is 0. The lowest BCUT2D eigenvalue weighted by molar-refractivity contribution is 0.147. The first-order chi connectivity index (χ1) is 15.2. The molecule has 0 saturated carbocycles. The summed E-state index contributed by atoms with van der Waals surface area (Å²) >= 11 is 3.62. The summed E-state index contributed by atoms with van der Waals surface area (Å²) in [4.78, 5) is 5.59. The van der Waals surface area contributed by atoms with Crippen LogP contribution in [0.1, 0.15) is 118 Å². The molecule has 0 aromatic heterocycles. The molecule has 4 atom stereocenters. The van der Waals surface area contributed by atoms with Crippen LogP contribution in [0.5, 0.6) is 0 Å². The fraction of sp³-hybridized carbons (Fsp3) is 1.00. The Morgan fingerprint density at radius 1 is 0.613 bits per heavy atom. The van der Waals surface area contributed by atoms with Crippen molar-refractivity contribution in [2.24, 2.45) is 0 Å².